The van der Waals surface area contributed by atoms with Crippen LogP contribution in [0.1, 0.15) is 5.56 Å². The highest BCUT2D eigenvalue weighted by molar-refractivity contribution is 7.13. The molecule has 1 aliphatic heterocycles. The Morgan fingerprint density at radius 3 is 2.81 bits per heavy atom. The molecule has 0 saturated carbocycles. The van der Waals surface area contributed by atoms with E-state index >= 15 is 0 Å². The number of carbonyl (C=O) groups excluding carboxylic acids is 1. The third-order valence-corrected chi connectivity index (χ3v) is 4.35. The van der Waals surface area contributed by atoms with Crippen LogP contribution in [0.25, 0.3) is 21.8 Å². The first-order valence-corrected chi connectivity index (χ1v) is 7.47. The van der Waals surface area contributed by atoms with Crippen LogP contribution >= 0.6 is 11.3 Å². The first-order valence-electron chi connectivity index (χ1n) is 6.59. The average molecular weight is 293 g/mol. The van der Waals surface area contributed by atoms with Gasteiger partial charge >= 0.3 is 0 Å². The predicted octanol–water partition coefficient (Wildman–Crippen LogP) is 3.37. The van der Waals surface area contributed by atoms with Crippen LogP contribution in [-0.4, -0.2) is 15.9 Å². The third-order valence-electron chi connectivity index (χ3n) is 3.46. The van der Waals surface area contributed by atoms with Gasteiger partial charge in [-0.2, -0.15) is 0 Å². The van der Waals surface area contributed by atoms with Gasteiger partial charge in [0, 0.05) is 34.6 Å². The van der Waals surface area contributed by atoms with E-state index in [1.807, 2.05) is 35.7 Å². The summed E-state index contributed by atoms with van der Waals surface area (Å²) in [4.78, 5) is 20.1. The lowest BCUT2D eigenvalue weighted by Gasteiger charge is -2.01. The van der Waals surface area contributed by atoms with Crippen molar-refractivity contribution in [3.63, 3.8) is 0 Å². The van der Waals surface area contributed by atoms with Crippen LogP contribution < -0.4 is 5.32 Å². The van der Waals surface area contributed by atoms with Gasteiger partial charge in [-0.15, -0.1) is 11.3 Å². The fourth-order valence-corrected chi connectivity index (χ4v) is 3.26. The standard InChI is InChI=1S/C16H11N3OS/c20-15-8-12-7-11(1-2-13(12)18-15)14-9-21-16(19-14)10-3-5-17-6-4-10/h1-7,9H,8H2,(H,18,20). The molecule has 1 aliphatic rings. The van der Waals surface area contributed by atoms with Gasteiger partial charge in [0.1, 0.15) is 5.01 Å². The summed E-state index contributed by atoms with van der Waals surface area (Å²) in [6.07, 6.45) is 3.98. The molecule has 0 atom stereocenters. The number of nitrogens with one attached hydrogen (secondary N) is 1. The summed E-state index contributed by atoms with van der Waals surface area (Å²) in [5, 5.41) is 5.86. The second-order valence-electron chi connectivity index (χ2n) is 4.87. The number of rotatable bonds is 2. The lowest BCUT2D eigenvalue weighted by atomic mass is 10.1. The zero-order valence-electron chi connectivity index (χ0n) is 11.0. The quantitative estimate of drug-likeness (QED) is 0.788. The Kier molecular flexibility index (Phi) is 2.79. The molecule has 102 valence electrons. The van der Waals surface area contributed by atoms with Gasteiger partial charge < -0.3 is 5.32 Å². The van der Waals surface area contributed by atoms with Crippen molar-refractivity contribution in [1.82, 2.24) is 9.97 Å². The van der Waals surface area contributed by atoms with Gasteiger partial charge in [-0.25, -0.2) is 4.98 Å². The Balaban J connectivity index is 1.71. The molecule has 4 nitrogen and oxygen atoms in total. The molecule has 3 aromatic rings. The molecule has 2 aromatic heterocycles. The molecule has 21 heavy (non-hydrogen) atoms. The minimum Gasteiger partial charge on any atom is -0.326 e. The fraction of sp³-hybridized carbons (Fsp3) is 0.0625. The molecule has 0 radical (unpaired) electrons. The molecule has 0 spiro atoms. The monoisotopic (exact) mass is 293 g/mol. The molecule has 0 saturated heterocycles. The molecule has 0 fully saturated rings. The molecule has 1 N–H and O–H groups in total. The van der Waals surface area contributed by atoms with E-state index in [-0.39, 0.29) is 5.91 Å². The van der Waals surface area contributed by atoms with Crippen LogP contribution in [0.2, 0.25) is 0 Å². The van der Waals surface area contributed by atoms with Gasteiger partial charge in [-0.05, 0) is 29.8 Å². The first-order chi connectivity index (χ1) is 10.3. The Hall–Kier alpha value is -2.53. The second-order valence-corrected chi connectivity index (χ2v) is 5.73. The molecule has 0 aliphatic carbocycles. The molecule has 0 unspecified atom stereocenters. The van der Waals surface area contributed by atoms with Crippen LogP contribution in [0, 0.1) is 0 Å². The maximum atomic E-state index is 11.4. The maximum absolute atomic E-state index is 11.4. The number of pyridine rings is 1. The molecular weight excluding hydrogens is 282 g/mol. The van der Waals surface area contributed by atoms with Gasteiger partial charge in [-0.1, -0.05) is 6.07 Å². The molecule has 4 rings (SSSR count). The highest BCUT2D eigenvalue weighted by atomic mass is 32.1. The van der Waals surface area contributed by atoms with Gasteiger partial charge in [0.05, 0.1) is 12.1 Å². The van der Waals surface area contributed by atoms with Crippen LogP contribution in [0.5, 0.6) is 0 Å². The fourth-order valence-electron chi connectivity index (χ4n) is 2.42. The van der Waals surface area contributed by atoms with E-state index in [9.17, 15) is 4.79 Å². The normalized spacial score (nSPS) is 13.0. The van der Waals surface area contributed by atoms with E-state index in [0.717, 1.165) is 33.1 Å². The first kappa shape index (κ1) is 12.2. The number of carbonyl (C=O) groups is 1. The van der Waals surface area contributed by atoms with Gasteiger partial charge in [-0.3, -0.25) is 9.78 Å². The van der Waals surface area contributed by atoms with Crippen molar-refractivity contribution in [3.8, 4) is 21.8 Å². The Bertz CT molecular complexity index is 827. The molecule has 3 heterocycles. The van der Waals surface area contributed by atoms with Crippen LogP contribution in [0.15, 0.2) is 48.1 Å². The largest absolute Gasteiger partial charge is 0.326 e. The van der Waals surface area contributed by atoms with Crippen LogP contribution in [0.4, 0.5) is 5.69 Å². The minimum atomic E-state index is 0.0536. The summed E-state index contributed by atoms with van der Waals surface area (Å²) in [6.45, 7) is 0. The lowest BCUT2D eigenvalue weighted by Crippen LogP contribution is -2.03. The second kappa shape index (κ2) is 4.79. The van der Waals surface area contributed by atoms with Crippen molar-refractivity contribution >= 4 is 22.9 Å². The number of anilines is 1. The zero-order valence-corrected chi connectivity index (χ0v) is 11.9. The SMILES string of the molecule is O=C1Cc2cc(-c3csc(-c4ccncc4)n3)ccc2N1. The molecular formula is C16H11N3OS. The Labute approximate surface area is 125 Å². The average Bonchev–Trinajstić information content (AvgIpc) is 3.12. The van der Waals surface area contributed by atoms with Crippen molar-refractivity contribution in [1.29, 1.82) is 0 Å². The van der Waals surface area contributed by atoms with Crippen molar-refractivity contribution in [2.24, 2.45) is 0 Å². The van der Waals surface area contributed by atoms with E-state index < -0.39 is 0 Å². The maximum Gasteiger partial charge on any atom is 0.228 e. The summed E-state index contributed by atoms with van der Waals surface area (Å²) in [7, 11) is 0. The van der Waals surface area contributed by atoms with Crippen molar-refractivity contribution in [2.45, 2.75) is 6.42 Å². The highest BCUT2D eigenvalue weighted by Crippen LogP contribution is 2.32. The predicted molar refractivity (Wildman–Crippen MR) is 83.1 cm³/mol. The summed E-state index contributed by atoms with van der Waals surface area (Å²) >= 11 is 1.61. The summed E-state index contributed by atoms with van der Waals surface area (Å²) in [5.41, 5.74) is 5.00. The zero-order chi connectivity index (χ0) is 14.2. The van der Waals surface area contributed by atoms with Gasteiger partial charge in [0.2, 0.25) is 5.91 Å². The van der Waals surface area contributed by atoms with Crippen molar-refractivity contribution in [3.05, 3.63) is 53.7 Å². The number of nitrogens with zero attached hydrogens (tertiary/aromatic N) is 2. The number of aromatic nitrogens is 2. The van der Waals surface area contributed by atoms with Crippen molar-refractivity contribution in [2.75, 3.05) is 5.32 Å². The summed E-state index contributed by atoms with van der Waals surface area (Å²) in [5.74, 6) is 0.0536. The van der Waals surface area contributed by atoms with Gasteiger partial charge in [0.15, 0.2) is 0 Å². The summed E-state index contributed by atoms with van der Waals surface area (Å²) < 4.78 is 0. The van der Waals surface area contributed by atoms with Gasteiger partial charge in [0.25, 0.3) is 0 Å². The third kappa shape index (κ3) is 2.21. The van der Waals surface area contributed by atoms with E-state index in [1.54, 1.807) is 23.7 Å². The molecule has 1 aromatic carbocycles. The van der Waals surface area contributed by atoms with Crippen LogP contribution in [0.3, 0.4) is 0 Å². The number of thiazole rings is 1. The number of hydrogen-bond donors (Lipinski definition) is 1. The summed E-state index contributed by atoms with van der Waals surface area (Å²) in [6, 6.07) is 9.89. The number of hydrogen-bond acceptors (Lipinski definition) is 4. The smallest absolute Gasteiger partial charge is 0.228 e. The number of fused-ring (bicyclic) bond motifs is 1. The highest BCUT2D eigenvalue weighted by Gasteiger charge is 2.18. The Morgan fingerprint density at radius 1 is 1.10 bits per heavy atom. The molecule has 5 heteroatoms. The number of amides is 1. The number of benzene rings is 1. The van der Waals surface area contributed by atoms with E-state index in [4.69, 9.17) is 0 Å². The topological polar surface area (TPSA) is 54.9 Å². The van der Waals surface area contributed by atoms with E-state index in [1.165, 1.54) is 0 Å². The Morgan fingerprint density at radius 2 is 1.95 bits per heavy atom. The molecule has 1 amide bonds. The van der Waals surface area contributed by atoms with Crippen LogP contribution in [-0.2, 0) is 11.2 Å². The minimum absolute atomic E-state index is 0.0536. The lowest BCUT2D eigenvalue weighted by molar-refractivity contribution is -0.115. The van der Waals surface area contributed by atoms with E-state index in [0.29, 0.717) is 6.42 Å². The van der Waals surface area contributed by atoms with E-state index in [2.05, 4.69) is 15.3 Å². The van der Waals surface area contributed by atoms with Crippen molar-refractivity contribution < 1.29 is 4.79 Å². The molecule has 0 bridgehead atoms.